The number of rotatable bonds is 7. The summed E-state index contributed by atoms with van der Waals surface area (Å²) >= 11 is 0. The van der Waals surface area contributed by atoms with Crippen LogP contribution in [-0.2, 0) is 10.1 Å². The number of methoxy groups -OCH3 is 2. The van der Waals surface area contributed by atoms with Gasteiger partial charge < -0.3 is 18.4 Å². The lowest BCUT2D eigenvalue weighted by Gasteiger charge is -2.11. The second-order valence-electron chi connectivity index (χ2n) is 5.30. The first-order valence-electron chi connectivity index (χ1n) is 7.87. The smallest absolute Gasteiger partial charge is 0.339 e. The average Bonchev–Trinajstić information content (AvgIpc) is 2.69. The van der Waals surface area contributed by atoms with Crippen LogP contribution in [0.5, 0.6) is 28.9 Å². The van der Waals surface area contributed by atoms with Crippen LogP contribution in [0.2, 0.25) is 0 Å². The summed E-state index contributed by atoms with van der Waals surface area (Å²) in [4.78, 5) is 4.01. The predicted molar refractivity (Wildman–Crippen MR) is 98.1 cm³/mol. The molecule has 7 nitrogen and oxygen atoms in total. The molecule has 0 radical (unpaired) electrons. The fraction of sp³-hybridized carbons (Fsp3) is 0.105. The molecule has 3 rings (SSSR count). The van der Waals surface area contributed by atoms with Crippen LogP contribution < -0.4 is 18.4 Å². The van der Waals surface area contributed by atoms with Crippen LogP contribution in [0.1, 0.15) is 0 Å². The minimum atomic E-state index is -4.03. The van der Waals surface area contributed by atoms with Crippen LogP contribution in [0, 0.1) is 0 Å². The molecular formula is C19H17NO6S. The molecule has 1 aromatic heterocycles. The van der Waals surface area contributed by atoms with Crippen molar-refractivity contribution in [2.75, 3.05) is 14.2 Å². The Morgan fingerprint density at radius 2 is 1.52 bits per heavy atom. The zero-order valence-electron chi connectivity index (χ0n) is 14.7. The number of hydrogen-bond acceptors (Lipinski definition) is 7. The summed E-state index contributed by atoms with van der Waals surface area (Å²) in [5.41, 5.74) is 0. The van der Waals surface area contributed by atoms with Gasteiger partial charge in [0.05, 0.1) is 14.2 Å². The van der Waals surface area contributed by atoms with Crippen molar-refractivity contribution in [1.82, 2.24) is 4.98 Å². The van der Waals surface area contributed by atoms with Crippen molar-refractivity contribution in [3.63, 3.8) is 0 Å². The van der Waals surface area contributed by atoms with Crippen molar-refractivity contribution in [1.29, 1.82) is 0 Å². The van der Waals surface area contributed by atoms with E-state index in [1.165, 1.54) is 44.6 Å². The Kier molecular flexibility index (Phi) is 5.46. The van der Waals surface area contributed by atoms with Gasteiger partial charge in [-0.3, -0.25) is 0 Å². The van der Waals surface area contributed by atoms with Gasteiger partial charge in [0.1, 0.15) is 16.4 Å². The molecule has 0 saturated carbocycles. The monoisotopic (exact) mass is 387 g/mol. The number of benzene rings is 2. The fourth-order valence-corrected chi connectivity index (χ4v) is 3.19. The molecule has 2 aromatic carbocycles. The number of nitrogens with zero attached hydrogens (tertiary/aromatic N) is 1. The van der Waals surface area contributed by atoms with Crippen molar-refractivity contribution in [3.05, 3.63) is 66.9 Å². The zero-order valence-corrected chi connectivity index (χ0v) is 15.5. The minimum absolute atomic E-state index is 0.0473. The molecule has 27 heavy (non-hydrogen) atoms. The number of pyridine rings is 1. The van der Waals surface area contributed by atoms with E-state index in [2.05, 4.69) is 4.98 Å². The standard InChI is InChI=1S/C19H17NO6S/c1-23-17-11-10-16(13-18(17)24-2)27(21,22)26-15-8-6-14(7-9-15)25-19-5-3-4-12-20-19/h3-13H,1-2H3. The molecular weight excluding hydrogens is 370 g/mol. The Morgan fingerprint density at radius 3 is 2.15 bits per heavy atom. The Labute approximate surface area is 157 Å². The van der Waals surface area contributed by atoms with E-state index in [9.17, 15) is 8.42 Å². The highest BCUT2D eigenvalue weighted by Crippen LogP contribution is 2.31. The van der Waals surface area contributed by atoms with Crippen LogP contribution in [0.3, 0.4) is 0 Å². The molecule has 0 aliphatic rings. The molecule has 8 heteroatoms. The molecule has 0 amide bonds. The summed E-state index contributed by atoms with van der Waals surface area (Å²) in [6.45, 7) is 0. The van der Waals surface area contributed by atoms with Crippen molar-refractivity contribution in [2.45, 2.75) is 4.90 Å². The largest absolute Gasteiger partial charge is 0.493 e. The van der Waals surface area contributed by atoms with E-state index in [4.69, 9.17) is 18.4 Å². The van der Waals surface area contributed by atoms with Gasteiger partial charge >= 0.3 is 10.1 Å². The Hall–Kier alpha value is -3.26. The lowest BCUT2D eigenvalue weighted by atomic mass is 10.3. The second kappa shape index (κ2) is 7.96. The average molecular weight is 387 g/mol. The van der Waals surface area contributed by atoms with E-state index < -0.39 is 10.1 Å². The van der Waals surface area contributed by atoms with Crippen LogP contribution in [0.4, 0.5) is 0 Å². The molecule has 0 atom stereocenters. The quantitative estimate of drug-likeness (QED) is 0.572. The molecule has 0 aliphatic carbocycles. The summed E-state index contributed by atoms with van der Waals surface area (Å²) in [6, 6.07) is 15.7. The SMILES string of the molecule is COc1ccc(S(=O)(=O)Oc2ccc(Oc3ccccn3)cc2)cc1OC. The third-order valence-electron chi connectivity index (χ3n) is 3.53. The number of hydrogen-bond donors (Lipinski definition) is 0. The highest BCUT2D eigenvalue weighted by Gasteiger charge is 2.19. The van der Waals surface area contributed by atoms with E-state index in [-0.39, 0.29) is 10.6 Å². The van der Waals surface area contributed by atoms with Gasteiger partial charge in [0, 0.05) is 18.3 Å². The van der Waals surface area contributed by atoms with E-state index in [0.29, 0.717) is 23.1 Å². The van der Waals surface area contributed by atoms with E-state index in [0.717, 1.165) is 0 Å². The molecule has 0 N–H and O–H groups in total. The lowest BCUT2D eigenvalue weighted by molar-refractivity contribution is 0.353. The molecule has 0 fully saturated rings. The van der Waals surface area contributed by atoms with Crippen LogP contribution in [0.25, 0.3) is 0 Å². The number of ether oxygens (including phenoxy) is 3. The normalized spacial score (nSPS) is 10.9. The molecule has 0 unspecified atom stereocenters. The summed E-state index contributed by atoms with van der Waals surface area (Å²) < 4.78 is 45.9. The van der Waals surface area contributed by atoms with Crippen molar-refractivity contribution >= 4 is 10.1 Å². The Morgan fingerprint density at radius 1 is 0.815 bits per heavy atom. The number of aromatic nitrogens is 1. The van der Waals surface area contributed by atoms with E-state index in [1.807, 2.05) is 0 Å². The van der Waals surface area contributed by atoms with Crippen molar-refractivity contribution in [2.24, 2.45) is 0 Å². The third-order valence-corrected chi connectivity index (χ3v) is 4.78. The minimum Gasteiger partial charge on any atom is -0.493 e. The lowest BCUT2D eigenvalue weighted by Crippen LogP contribution is -2.10. The topological polar surface area (TPSA) is 84.0 Å². The summed E-state index contributed by atoms with van der Waals surface area (Å²) in [5, 5.41) is 0. The second-order valence-corrected chi connectivity index (χ2v) is 6.84. The molecule has 0 spiro atoms. The van der Waals surface area contributed by atoms with E-state index in [1.54, 1.807) is 36.5 Å². The summed E-state index contributed by atoms with van der Waals surface area (Å²) in [7, 11) is -1.14. The van der Waals surface area contributed by atoms with Gasteiger partial charge in [-0.25, -0.2) is 4.98 Å². The fourth-order valence-electron chi connectivity index (χ4n) is 2.24. The summed E-state index contributed by atoms with van der Waals surface area (Å²) in [5.74, 6) is 1.81. The van der Waals surface area contributed by atoms with Gasteiger partial charge in [0.2, 0.25) is 5.88 Å². The van der Waals surface area contributed by atoms with Crippen LogP contribution >= 0.6 is 0 Å². The Bertz CT molecular complexity index is 1000. The summed E-state index contributed by atoms with van der Waals surface area (Å²) in [6.07, 6.45) is 1.61. The van der Waals surface area contributed by atoms with Crippen molar-refractivity contribution < 1.29 is 26.8 Å². The molecule has 3 aromatic rings. The van der Waals surface area contributed by atoms with Gasteiger partial charge in [-0.1, -0.05) is 6.07 Å². The predicted octanol–water partition coefficient (Wildman–Crippen LogP) is 3.66. The highest BCUT2D eigenvalue weighted by molar-refractivity contribution is 7.87. The molecule has 140 valence electrons. The Balaban J connectivity index is 1.76. The molecule has 0 saturated heterocycles. The van der Waals surface area contributed by atoms with Gasteiger partial charge in [-0.05, 0) is 42.5 Å². The van der Waals surface area contributed by atoms with Crippen molar-refractivity contribution in [3.8, 4) is 28.9 Å². The molecule has 1 heterocycles. The third kappa shape index (κ3) is 4.48. The first-order valence-corrected chi connectivity index (χ1v) is 9.28. The maximum Gasteiger partial charge on any atom is 0.339 e. The van der Waals surface area contributed by atoms with E-state index >= 15 is 0 Å². The zero-order chi connectivity index (χ0) is 19.3. The molecule has 0 aliphatic heterocycles. The maximum absolute atomic E-state index is 12.5. The highest BCUT2D eigenvalue weighted by atomic mass is 32.2. The first kappa shape index (κ1) is 18.5. The molecule has 0 bridgehead atoms. The van der Waals surface area contributed by atoms with Crippen LogP contribution in [-0.4, -0.2) is 27.6 Å². The first-order chi connectivity index (χ1) is 13.0. The maximum atomic E-state index is 12.5. The van der Waals surface area contributed by atoms with Gasteiger partial charge in [0.15, 0.2) is 11.5 Å². The van der Waals surface area contributed by atoms with Gasteiger partial charge in [0.25, 0.3) is 0 Å². The van der Waals surface area contributed by atoms with Crippen LogP contribution in [0.15, 0.2) is 71.8 Å². The van der Waals surface area contributed by atoms with Gasteiger partial charge in [-0.2, -0.15) is 8.42 Å². The van der Waals surface area contributed by atoms with Gasteiger partial charge in [-0.15, -0.1) is 0 Å².